The van der Waals surface area contributed by atoms with Crippen LogP contribution in [0.15, 0.2) is 72.8 Å². The van der Waals surface area contributed by atoms with E-state index in [0.717, 1.165) is 37.2 Å². The minimum absolute atomic E-state index is 0.0153. The van der Waals surface area contributed by atoms with Crippen molar-refractivity contribution in [3.05, 3.63) is 89.5 Å². The maximum absolute atomic E-state index is 13.0. The first-order valence-electron chi connectivity index (χ1n) is 14.7. The minimum atomic E-state index is -4.48. The Hall–Kier alpha value is -4.13. The Bertz CT molecular complexity index is 1320. The molecular weight excluding hydrogens is 593 g/mol. The summed E-state index contributed by atoms with van der Waals surface area (Å²) in [4.78, 5) is 24.7. The van der Waals surface area contributed by atoms with Gasteiger partial charge in [0, 0.05) is 17.9 Å². The van der Waals surface area contributed by atoms with Crippen molar-refractivity contribution in [2.24, 2.45) is 0 Å². The van der Waals surface area contributed by atoms with Gasteiger partial charge in [-0.1, -0.05) is 31.5 Å². The van der Waals surface area contributed by atoms with Gasteiger partial charge in [-0.25, -0.2) is 9.59 Å². The first-order chi connectivity index (χ1) is 21.8. The Morgan fingerprint density at radius 3 is 1.91 bits per heavy atom. The second-order valence-electron chi connectivity index (χ2n) is 9.72. The summed E-state index contributed by atoms with van der Waals surface area (Å²) in [7, 11) is 0. The third kappa shape index (κ3) is 13.2. The van der Waals surface area contributed by atoms with Crippen molar-refractivity contribution in [2.75, 3.05) is 70.0 Å². The molecule has 0 heterocycles. The average molecular weight is 633 g/mol. The van der Waals surface area contributed by atoms with Crippen LogP contribution in [0.4, 0.5) is 30.2 Å². The van der Waals surface area contributed by atoms with Crippen LogP contribution >= 0.6 is 0 Å². The fourth-order valence-corrected chi connectivity index (χ4v) is 3.92. The number of anilines is 3. The summed E-state index contributed by atoms with van der Waals surface area (Å²) >= 11 is 0. The lowest BCUT2D eigenvalue weighted by Gasteiger charge is -2.13. The number of carbonyl (C=O) groups excluding carboxylic acids is 2. The Balaban J connectivity index is 1.20. The molecule has 0 aliphatic rings. The quantitative estimate of drug-likeness (QED) is 0.104. The highest BCUT2D eigenvalue weighted by Crippen LogP contribution is 2.32. The van der Waals surface area contributed by atoms with Gasteiger partial charge >= 0.3 is 18.1 Å². The first-order valence-corrected chi connectivity index (χ1v) is 14.7. The van der Waals surface area contributed by atoms with E-state index in [2.05, 4.69) is 17.6 Å². The Kier molecular flexibility index (Phi) is 15.2. The molecule has 9 nitrogen and oxygen atoms in total. The number of alkyl halides is 3. The van der Waals surface area contributed by atoms with Gasteiger partial charge in [-0.2, -0.15) is 13.2 Å². The van der Waals surface area contributed by atoms with Gasteiger partial charge in [-0.15, -0.1) is 0 Å². The fraction of sp³-hybridized carbons (Fsp3) is 0.394. The molecule has 0 fully saturated rings. The number of hydrogen-bond acceptors (Lipinski definition) is 9. The molecule has 45 heavy (non-hydrogen) atoms. The number of rotatable bonds is 20. The van der Waals surface area contributed by atoms with E-state index in [1.54, 1.807) is 30.3 Å². The van der Waals surface area contributed by atoms with Gasteiger partial charge in [0.15, 0.2) is 0 Å². The van der Waals surface area contributed by atoms with Gasteiger partial charge in [0.1, 0.15) is 13.2 Å². The van der Waals surface area contributed by atoms with Crippen LogP contribution in [-0.4, -0.2) is 71.3 Å². The van der Waals surface area contributed by atoms with Crippen LogP contribution in [-0.2, 0) is 29.9 Å². The monoisotopic (exact) mass is 632 g/mol. The summed E-state index contributed by atoms with van der Waals surface area (Å²) in [6.07, 6.45) is -2.29. The molecule has 0 amide bonds. The van der Waals surface area contributed by atoms with Crippen molar-refractivity contribution >= 4 is 29.0 Å². The molecule has 0 aromatic heterocycles. The molecule has 3 aromatic carbocycles. The third-order valence-corrected chi connectivity index (χ3v) is 6.26. The van der Waals surface area contributed by atoms with Crippen molar-refractivity contribution in [3.63, 3.8) is 0 Å². The van der Waals surface area contributed by atoms with Crippen LogP contribution in [0.2, 0.25) is 0 Å². The molecule has 0 spiro atoms. The number of unbranched alkanes of at least 4 members (excludes halogenated alkanes) is 1. The minimum Gasteiger partial charge on any atom is -0.460 e. The Labute approximate surface area is 261 Å². The van der Waals surface area contributed by atoms with Gasteiger partial charge in [0.2, 0.25) is 0 Å². The molecule has 3 rings (SSSR count). The highest BCUT2D eigenvalue weighted by Gasteiger charge is 2.30. The fourth-order valence-electron chi connectivity index (χ4n) is 3.92. The highest BCUT2D eigenvalue weighted by molar-refractivity contribution is 5.96. The number of ether oxygens (including phenoxy) is 5. The van der Waals surface area contributed by atoms with Crippen molar-refractivity contribution < 1.29 is 46.4 Å². The second kappa shape index (κ2) is 19.3. The van der Waals surface area contributed by atoms with Gasteiger partial charge in [-0.3, -0.25) is 0 Å². The van der Waals surface area contributed by atoms with Crippen LogP contribution in [0.25, 0.3) is 0 Å². The number of halogens is 3. The lowest BCUT2D eigenvalue weighted by atomic mass is 10.1. The number of carbonyl (C=O) groups is 2. The molecule has 0 saturated heterocycles. The molecule has 0 aliphatic carbocycles. The lowest BCUT2D eigenvalue weighted by molar-refractivity contribution is -0.137. The Morgan fingerprint density at radius 1 is 0.689 bits per heavy atom. The summed E-state index contributed by atoms with van der Waals surface area (Å²) < 4.78 is 65.8. The topological polar surface area (TPSA) is 104 Å². The van der Waals surface area contributed by atoms with Crippen molar-refractivity contribution in [1.29, 1.82) is 0 Å². The molecule has 0 unspecified atom stereocenters. The van der Waals surface area contributed by atoms with E-state index in [9.17, 15) is 22.8 Å². The van der Waals surface area contributed by atoms with E-state index in [-0.39, 0.29) is 44.3 Å². The summed E-state index contributed by atoms with van der Waals surface area (Å²) in [5, 5.41) is 6.14. The van der Waals surface area contributed by atoms with E-state index in [0.29, 0.717) is 31.1 Å². The first kappa shape index (κ1) is 35.4. The van der Waals surface area contributed by atoms with Crippen molar-refractivity contribution in [2.45, 2.75) is 25.9 Å². The van der Waals surface area contributed by atoms with Crippen LogP contribution in [0.5, 0.6) is 0 Å². The summed E-state index contributed by atoms with van der Waals surface area (Å²) in [6, 6.07) is 18.2. The molecule has 0 bridgehead atoms. The predicted octanol–water partition coefficient (Wildman–Crippen LogP) is 6.72. The smallest absolute Gasteiger partial charge is 0.416 e. The van der Waals surface area contributed by atoms with Crippen LogP contribution in [0, 0.1) is 0 Å². The number of para-hydroxylation sites is 1. The molecular formula is C33H39F3N2O7. The predicted molar refractivity (Wildman–Crippen MR) is 164 cm³/mol. The van der Waals surface area contributed by atoms with Crippen molar-refractivity contribution in [3.8, 4) is 0 Å². The second-order valence-corrected chi connectivity index (χ2v) is 9.72. The average Bonchev–Trinajstić information content (AvgIpc) is 3.03. The summed E-state index contributed by atoms with van der Waals surface area (Å²) in [6.45, 7) is 4.74. The zero-order valence-corrected chi connectivity index (χ0v) is 25.2. The van der Waals surface area contributed by atoms with E-state index in [1.807, 2.05) is 12.1 Å². The van der Waals surface area contributed by atoms with E-state index in [1.165, 1.54) is 18.2 Å². The summed E-state index contributed by atoms with van der Waals surface area (Å²) in [5.41, 5.74) is 1.33. The molecule has 0 atom stereocenters. The number of benzene rings is 3. The van der Waals surface area contributed by atoms with Gasteiger partial charge in [-0.05, 0) is 61.0 Å². The SMILES string of the molecule is CCCCNc1ccc(C(=O)OCCOCCOCCOCCOC(=O)c2ccccc2Nc2cccc(C(F)(F)F)c2)cc1. The zero-order chi connectivity index (χ0) is 32.3. The lowest BCUT2D eigenvalue weighted by Crippen LogP contribution is -2.15. The number of esters is 2. The summed E-state index contributed by atoms with van der Waals surface area (Å²) in [5.74, 6) is -1.05. The zero-order valence-electron chi connectivity index (χ0n) is 25.2. The van der Waals surface area contributed by atoms with E-state index < -0.39 is 23.7 Å². The highest BCUT2D eigenvalue weighted by atomic mass is 19.4. The van der Waals surface area contributed by atoms with E-state index in [4.69, 9.17) is 23.7 Å². The van der Waals surface area contributed by atoms with E-state index >= 15 is 0 Å². The molecule has 244 valence electrons. The largest absolute Gasteiger partial charge is 0.460 e. The van der Waals surface area contributed by atoms with Crippen LogP contribution < -0.4 is 10.6 Å². The van der Waals surface area contributed by atoms with Gasteiger partial charge in [0.25, 0.3) is 0 Å². The van der Waals surface area contributed by atoms with Gasteiger partial charge in [0.05, 0.1) is 62.0 Å². The number of nitrogens with one attached hydrogen (secondary N) is 2. The molecule has 0 radical (unpaired) electrons. The van der Waals surface area contributed by atoms with Crippen LogP contribution in [0.1, 0.15) is 46.0 Å². The molecule has 12 heteroatoms. The normalized spacial score (nSPS) is 11.2. The molecule has 0 saturated carbocycles. The maximum atomic E-state index is 13.0. The van der Waals surface area contributed by atoms with Gasteiger partial charge < -0.3 is 34.3 Å². The standard InChI is InChI=1S/C33H39F3N2O7/c1-2-3-15-37-27-13-11-25(12-14-27)31(39)44-22-20-42-18-16-41-17-19-43-21-23-45-32(40)29-9-4-5-10-30(29)38-28-8-6-7-26(24-28)33(34,35)36/h4-14,24,37-38H,2-3,15-23H2,1H3. The molecule has 3 aromatic rings. The molecule has 0 aliphatic heterocycles. The maximum Gasteiger partial charge on any atom is 0.416 e. The Morgan fingerprint density at radius 2 is 1.29 bits per heavy atom. The number of hydrogen-bond donors (Lipinski definition) is 2. The van der Waals surface area contributed by atoms with Crippen LogP contribution in [0.3, 0.4) is 0 Å². The third-order valence-electron chi connectivity index (χ3n) is 6.26. The molecule has 2 N–H and O–H groups in total. The van der Waals surface area contributed by atoms with Crippen molar-refractivity contribution in [1.82, 2.24) is 0 Å².